The lowest BCUT2D eigenvalue weighted by Gasteiger charge is -2.33. The van der Waals surface area contributed by atoms with Crippen molar-refractivity contribution in [2.45, 2.75) is 58.4 Å². The van der Waals surface area contributed by atoms with Gasteiger partial charge in [-0.15, -0.1) is 0 Å². The first-order chi connectivity index (χ1) is 7.24. The van der Waals surface area contributed by atoms with E-state index in [1.807, 2.05) is 0 Å². The zero-order chi connectivity index (χ0) is 11.1. The molecule has 0 amide bonds. The molecule has 0 aromatic rings. The Morgan fingerprint density at radius 3 is 2.73 bits per heavy atom. The molecule has 3 atom stereocenters. The Morgan fingerprint density at radius 2 is 2.07 bits per heavy atom. The topological polar surface area (TPSA) is 35.8 Å². The largest absolute Gasteiger partial charge is 0.314 e. The number of nitrogens with one attached hydrogen (secondary N) is 1. The number of unbranched alkanes of at least 4 members (excludes halogenated alkanes) is 2. The minimum absolute atomic E-state index is 0.707. The lowest BCUT2D eigenvalue weighted by atomic mass is 9.80. The zero-order valence-electron chi connectivity index (χ0n) is 10.1. The molecule has 0 spiro atoms. The number of hydrogen-bond donors (Lipinski definition) is 1. The van der Waals surface area contributed by atoms with E-state index in [1.165, 1.54) is 19.3 Å². The predicted molar refractivity (Wildman–Crippen MR) is 63.4 cm³/mol. The van der Waals surface area contributed by atoms with Gasteiger partial charge in [-0.1, -0.05) is 13.8 Å². The van der Waals surface area contributed by atoms with E-state index in [-0.39, 0.29) is 0 Å². The molecule has 0 aromatic carbocycles. The second-order valence-corrected chi connectivity index (χ2v) is 5.07. The van der Waals surface area contributed by atoms with Crippen LogP contribution in [0, 0.1) is 23.2 Å². The molecule has 0 heterocycles. The summed E-state index contributed by atoms with van der Waals surface area (Å²) < 4.78 is 0. The van der Waals surface area contributed by atoms with Crippen molar-refractivity contribution in [3.63, 3.8) is 0 Å². The highest BCUT2D eigenvalue weighted by Gasteiger charge is 2.24. The van der Waals surface area contributed by atoms with Gasteiger partial charge in [-0.25, -0.2) is 0 Å². The number of rotatable bonds is 5. The molecule has 1 N–H and O–H groups in total. The SMILES string of the molecule is CC1CCC(NCCCCC#N)C(C)C1. The normalized spacial score (nSPS) is 31.1. The standard InChI is InChI=1S/C13H24N2/c1-11-6-7-13(12(2)10-11)15-9-5-3-4-8-14/h11-13,15H,3-7,9-10H2,1-2H3. The molecule has 86 valence electrons. The van der Waals surface area contributed by atoms with Crippen molar-refractivity contribution in [1.82, 2.24) is 5.32 Å². The molecular weight excluding hydrogens is 184 g/mol. The quantitative estimate of drug-likeness (QED) is 0.705. The average Bonchev–Trinajstić information content (AvgIpc) is 2.20. The smallest absolute Gasteiger partial charge is 0.0621 e. The van der Waals surface area contributed by atoms with E-state index in [0.717, 1.165) is 37.3 Å². The van der Waals surface area contributed by atoms with E-state index in [0.29, 0.717) is 6.42 Å². The first-order valence-electron chi connectivity index (χ1n) is 6.34. The van der Waals surface area contributed by atoms with Crippen LogP contribution in [0.4, 0.5) is 0 Å². The molecule has 1 aliphatic rings. The summed E-state index contributed by atoms with van der Waals surface area (Å²) in [6, 6.07) is 2.92. The van der Waals surface area contributed by atoms with Crippen molar-refractivity contribution >= 4 is 0 Å². The van der Waals surface area contributed by atoms with Crippen LogP contribution in [-0.2, 0) is 0 Å². The van der Waals surface area contributed by atoms with Gasteiger partial charge in [0, 0.05) is 12.5 Å². The van der Waals surface area contributed by atoms with Gasteiger partial charge in [-0.05, 0) is 50.5 Å². The monoisotopic (exact) mass is 208 g/mol. The third-order valence-corrected chi connectivity index (χ3v) is 3.55. The fourth-order valence-corrected chi connectivity index (χ4v) is 2.59. The average molecular weight is 208 g/mol. The van der Waals surface area contributed by atoms with Crippen LogP contribution >= 0.6 is 0 Å². The van der Waals surface area contributed by atoms with Crippen LogP contribution in [-0.4, -0.2) is 12.6 Å². The minimum Gasteiger partial charge on any atom is -0.314 e. The summed E-state index contributed by atoms with van der Waals surface area (Å²) in [5.74, 6) is 1.74. The van der Waals surface area contributed by atoms with Gasteiger partial charge in [0.1, 0.15) is 0 Å². The first-order valence-corrected chi connectivity index (χ1v) is 6.34. The van der Waals surface area contributed by atoms with Crippen LogP contribution in [0.2, 0.25) is 0 Å². The summed E-state index contributed by atoms with van der Waals surface area (Å²) in [6.45, 7) is 5.81. The molecule has 0 saturated heterocycles. The molecule has 0 aromatic heterocycles. The molecule has 2 nitrogen and oxygen atoms in total. The minimum atomic E-state index is 0.707. The van der Waals surface area contributed by atoms with Gasteiger partial charge in [-0.3, -0.25) is 0 Å². The van der Waals surface area contributed by atoms with Crippen molar-refractivity contribution in [3.8, 4) is 6.07 Å². The Morgan fingerprint density at radius 1 is 1.27 bits per heavy atom. The van der Waals surface area contributed by atoms with Crippen LogP contribution in [0.1, 0.15) is 52.4 Å². The predicted octanol–water partition coefficient (Wildman–Crippen LogP) is 3.09. The van der Waals surface area contributed by atoms with E-state index in [2.05, 4.69) is 25.2 Å². The zero-order valence-corrected chi connectivity index (χ0v) is 10.1. The fourth-order valence-electron chi connectivity index (χ4n) is 2.59. The molecule has 2 heteroatoms. The molecule has 1 fully saturated rings. The van der Waals surface area contributed by atoms with Crippen LogP contribution in [0.25, 0.3) is 0 Å². The summed E-state index contributed by atoms with van der Waals surface area (Å²) in [6.07, 6.45) is 6.98. The summed E-state index contributed by atoms with van der Waals surface area (Å²) in [7, 11) is 0. The number of nitrogens with zero attached hydrogens (tertiary/aromatic N) is 1. The molecule has 15 heavy (non-hydrogen) atoms. The first kappa shape index (κ1) is 12.5. The van der Waals surface area contributed by atoms with Gasteiger partial charge in [0.25, 0.3) is 0 Å². The van der Waals surface area contributed by atoms with Crippen molar-refractivity contribution in [2.75, 3.05) is 6.54 Å². The van der Waals surface area contributed by atoms with Crippen molar-refractivity contribution in [2.24, 2.45) is 11.8 Å². The van der Waals surface area contributed by atoms with Gasteiger partial charge in [0.2, 0.25) is 0 Å². The summed E-state index contributed by atoms with van der Waals surface area (Å²) >= 11 is 0. The molecule has 0 bridgehead atoms. The summed E-state index contributed by atoms with van der Waals surface area (Å²) in [5, 5.41) is 12.1. The van der Waals surface area contributed by atoms with Gasteiger partial charge in [0.15, 0.2) is 0 Å². The van der Waals surface area contributed by atoms with Crippen LogP contribution in [0.15, 0.2) is 0 Å². The van der Waals surface area contributed by atoms with Gasteiger partial charge < -0.3 is 5.32 Å². The van der Waals surface area contributed by atoms with Crippen LogP contribution < -0.4 is 5.32 Å². The molecule has 3 unspecified atom stereocenters. The molecule has 1 rings (SSSR count). The highest BCUT2D eigenvalue weighted by atomic mass is 14.9. The number of hydrogen-bond acceptors (Lipinski definition) is 2. The molecule has 1 aliphatic carbocycles. The third kappa shape index (κ3) is 4.66. The van der Waals surface area contributed by atoms with E-state index in [9.17, 15) is 0 Å². The van der Waals surface area contributed by atoms with Gasteiger partial charge >= 0.3 is 0 Å². The maximum absolute atomic E-state index is 8.42. The highest BCUT2D eigenvalue weighted by Crippen LogP contribution is 2.28. The molecule has 1 saturated carbocycles. The van der Waals surface area contributed by atoms with Gasteiger partial charge in [0.05, 0.1) is 6.07 Å². The van der Waals surface area contributed by atoms with Crippen molar-refractivity contribution in [1.29, 1.82) is 5.26 Å². The van der Waals surface area contributed by atoms with Crippen molar-refractivity contribution < 1.29 is 0 Å². The summed E-state index contributed by atoms with van der Waals surface area (Å²) in [5.41, 5.74) is 0. The van der Waals surface area contributed by atoms with Crippen molar-refractivity contribution in [3.05, 3.63) is 0 Å². The highest BCUT2D eigenvalue weighted by molar-refractivity contribution is 4.81. The van der Waals surface area contributed by atoms with E-state index >= 15 is 0 Å². The lowest BCUT2D eigenvalue weighted by Crippen LogP contribution is -2.39. The Bertz CT molecular complexity index is 207. The van der Waals surface area contributed by atoms with E-state index in [4.69, 9.17) is 5.26 Å². The van der Waals surface area contributed by atoms with E-state index < -0.39 is 0 Å². The van der Waals surface area contributed by atoms with Gasteiger partial charge in [-0.2, -0.15) is 5.26 Å². The summed E-state index contributed by atoms with van der Waals surface area (Å²) in [4.78, 5) is 0. The maximum Gasteiger partial charge on any atom is 0.0621 e. The Balaban J connectivity index is 2.08. The Kier molecular flexibility index (Phi) is 5.71. The molecule has 0 aliphatic heterocycles. The Hall–Kier alpha value is -0.550. The van der Waals surface area contributed by atoms with Crippen LogP contribution in [0.3, 0.4) is 0 Å². The number of nitriles is 1. The second kappa shape index (κ2) is 6.85. The maximum atomic E-state index is 8.42. The van der Waals surface area contributed by atoms with E-state index in [1.54, 1.807) is 0 Å². The molecule has 0 radical (unpaired) electrons. The lowest BCUT2D eigenvalue weighted by molar-refractivity contribution is 0.228. The second-order valence-electron chi connectivity index (χ2n) is 5.07. The molecular formula is C13H24N2. The fraction of sp³-hybridized carbons (Fsp3) is 0.923. The van der Waals surface area contributed by atoms with Crippen LogP contribution in [0.5, 0.6) is 0 Å². The third-order valence-electron chi connectivity index (χ3n) is 3.55. The Labute approximate surface area is 94.1 Å².